The lowest BCUT2D eigenvalue weighted by Gasteiger charge is -2.45. The summed E-state index contributed by atoms with van der Waals surface area (Å²) >= 11 is 1.86. The molecule has 0 radical (unpaired) electrons. The first kappa shape index (κ1) is 36.7. The summed E-state index contributed by atoms with van der Waals surface area (Å²) in [6.45, 7) is 12.9. The number of Topliss-reactive ketones (excluding diaryl/α,β-unsaturated/α-hetero) is 1. The number of aliphatic hydroxyl groups excluding tert-OH is 1. The van der Waals surface area contributed by atoms with Crippen LogP contribution in [-0.2, 0) is 11.2 Å². The van der Waals surface area contributed by atoms with Crippen LogP contribution >= 0.6 is 43.6 Å². The summed E-state index contributed by atoms with van der Waals surface area (Å²) in [5, 5.41) is 42.4. The van der Waals surface area contributed by atoms with Crippen molar-refractivity contribution >= 4 is 61.5 Å². The lowest BCUT2D eigenvalue weighted by Crippen LogP contribution is -2.52. The number of hydrogen-bond acceptors (Lipinski definition) is 8. The molecule has 4 N–H and O–H groups in total. The van der Waals surface area contributed by atoms with Crippen LogP contribution in [0, 0.1) is 17.8 Å². The second-order valence-corrected chi connectivity index (χ2v) is 20.8. The van der Waals surface area contributed by atoms with E-state index in [0.29, 0.717) is 53.0 Å². The summed E-state index contributed by atoms with van der Waals surface area (Å²) < 4.78 is 19.4. The van der Waals surface area contributed by atoms with E-state index in [1.165, 1.54) is 0 Å². The summed E-state index contributed by atoms with van der Waals surface area (Å²) in [6, 6.07) is 0. The van der Waals surface area contributed by atoms with Crippen LogP contribution in [0.15, 0.2) is 44.2 Å². The molecule has 11 heteroatoms. The number of nitrogens with zero attached hydrogens (tertiary/aromatic N) is 1. The molecule has 266 valence electrons. The van der Waals surface area contributed by atoms with Crippen molar-refractivity contribution in [3.05, 3.63) is 57.7 Å². The lowest BCUT2D eigenvalue weighted by atomic mass is 9.72. The summed E-state index contributed by atoms with van der Waals surface area (Å²) in [4.78, 5) is 26.5. The maximum absolute atomic E-state index is 14.8. The van der Waals surface area contributed by atoms with Crippen molar-refractivity contribution in [1.29, 1.82) is 0 Å². The van der Waals surface area contributed by atoms with Crippen molar-refractivity contribution in [2.24, 2.45) is 20.9 Å². The SMILES string of the molecule is CC(C)=CCc1c2c(c(O)c3c1O[C@@]14N=IC(C=C1C3=O)CC1[C@H]4[C@@H](C/C=C(/C)C(=O)O)CC1(C)I)C=C[C@@](C)(CCC(O)C(C)(C)O)O2. The van der Waals surface area contributed by atoms with Crippen LogP contribution in [-0.4, -0.2) is 62.6 Å². The highest BCUT2D eigenvalue weighted by Gasteiger charge is 2.66. The third-order valence-electron chi connectivity index (χ3n) is 11.0. The first-order valence-electron chi connectivity index (χ1n) is 17.0. The average molecular weight is 900 g/mol. The molecule has 0 amide bonds. The molecule has 4 heterocycles. The van der Waals surface area contributed by atoms with Gasteiger partial charge in [0.05, 0.1) is 22.8 Å². The number of phenolic OH excluding ortho intramolecular Hbond substituents is 1. The minimum atomic E-state index is -1.27. The minimum Gasteiger partial charge on any atom is -0.506 e. The van der Waals surface area contributed by atoms with Gasteiger partial charge in [0.2, 0.25) is 11.5 Å². The first-order chi connectivity index (χ1) is 22.8. The lowest BCUT2D eigenvalue weighted by molar-refractivity contribution is -0.132. The van der Waals surface area contributed by atoms with Crippen LogP contribution < -0.4 is 9.47 Å². The normalized spacial score (nSPS) is 33.5. The maximum atomic E-state index is 14.8. The van der Waals surface area contributed by atoms with Gasteiger partial charge in [-0.1, -0.05) is 53.3 Å². The highest BCUT2D eigenvalue weighted by molar-refractivity contribution is 14.2. The van der Waals surface area contributed by atoms with Crippen molar-refractivity contribution in [3.63, 3.8) is 0 Å². The van der Waals surface area contributed by atoms with Gasteiger partial charge in [-0.15, -0.1) is 0 Å². The fraction of sp³-hybridized carbons (Fsp3) is 0.579. The molecular weight excluding hydrogens is 852 g/mol. The Morgan fingerprint density at radius 2 is 1.92 bits per heavy atom. The zero-order chi connectivity index (χ0) is 35.8. The van der Waals surface area contributed by atoms with E-state index < -0.39 is 50.0 Å². The van der Waals surface area contributed by atoms with Gasteiger partial charge in [0.1, 0.15) is 28.4 Å². The number of benzene rings is 1. The van der Waals surface area contributed by atoms with Gasteiger partial charge in [-0.05, 0) is 104 Å². The summed E-state index contributed by atoms with van der Waals surface area (Å²) in [5.41, 5.74) is -0.300. The van der Waals surface area contributed by atoms with Crippen molar-refractivity contribution in [3.8, 4) is 17.2 Å². The van der Waals surface area contributed by atoms with E-state index in [1.54, 1.807) is 32.9 Å². The Morgan fingerprint density at radius 3 is 2.57 bits per heavy atom. The van der Waals surface area contributed by atoms with Gasteiger partial charge >= 0.3 is 5.97 Å². The number of aromatic hydroxyl groups is 1. The van der Waals surface area contributed by atoms with E-state index in [9.17, 15) is 30.0 Å². The number of carbonyl (C=O) groups excluding carboxylic acids is 1. The Morgan fingerprint density at radius 1 is 1.20 bits per heavy atom. The molecule has 49 heavy (non-hydrogen) atoms. The maximum Gasteiger partial charge on any atom is 0.330 e. The van der Waals surface area contributed by atoms with Crippen LogP contribution in [0.5, 0.6) is 17.2 Å². The summed E-state index contributed by atoms with van der Waals surface area (Å²) in [7, 11) is 0. The number of fused-ring (bicyclic) bond motifs is 2. The van der Waals surface area contributed by atoms with Gasteiger partial charge in [0.25, 0.3) is 0 Å². The molecule has 0 aromatic heterocycles. The molecule has 2 bridgehead atoms. The molecule has 4 aliphatic heterocycles. The molecule has 4 unspecified atom stereocenters. The molecule has 0 saturated heterocycles. The van der Waals surface area contributed by atoms with Gasteiger partial charge in [-0.2, -0.15) is 0 Å². The fourth-order valence-electron chi connectivity index (χ4n) is 8.18. The highest BCUT2D eigenvalue weighted by Crippen LogP contribution is 2.66. The molecule has 9 nitrogen and oxygen atoms in total. The van der Waals surface area contributed by atoms with E-state index in [2.05, 4.69) is 41.7 Å². The summed E-state index contributed by atoms with van der Waals surface area (Å²) in [5.74, 6) is -0.611. The monoisotopic (exact) mass is 899 g/mol. The Bertz CT molecular complexity index is 1750. The van der Waals surface area contributed by atoms with E-state index in [4.69, 9.17) is 12.6 Å². The molecule has 1 aromatic carbocycles. The van der Waals surface area contributed by atoms with Crippen molar-refractivity contribution in [2.45, 2.75) is 117 Å². The number of alkyl halides is 2. The fourth-order valence-corrected chi connectivity index (χ4v) is 12.1. The molecule has 8 atom stereocenters. The predicted molar refractivity (Wildman–Crippen MR) is 205 cm³/mol. The third kappa shape index (κ3) is 6.47. The quantitative estimate of drug-likeness (QED) is 0.0846. The number of hydrogen-bond donors (Lipinski definition) is 4. The topological polar surface area (TPSA) is 146 Å². The number of ketones is 1. The van der Waals surface area contributed by atoms with E-state index in [-0.39, 0.29) is 48.6 Å². The van der Waals surface area contributed by atoms with Crippen LogP contribution in [0.3, 0.4) is 0 Å². The molecule has 1 saturated carbocycles. The van der Waals surface area contributed by atoms with Crippen LogP contribution in [0.2, 0.25) is 0 Å². The Labute approximate surface area is 312 Å². The largest absolute Gasteiger partial charge is 0.506 e. The van der Waals surface area contributed by atoms with Crippen LogP contribution in [0.4, 0.5) is 0 Å². The first-order valence-corrected chi connectivity index (χ1v) is 20.3. The molecule has 7 rings (SSSR count). The van der Waals surface area contributed by atoms with E-state index in [0.717, 1.165) is 18.4 Å². The molecule has 2 aliphatic carbocycles. The minimum absolute atomic E-state index is 0.0284. The number of allylic oxidation sites excluding steroid dienone is 4. The number of rotatable bonds is 9. The van der Waals surface area contributed by atoms with E-state index in [1.807, 2.05) is 26.8 Å². The number of ether oxygens (including phenoxy) is 2. The number of halogens is 2. The standard InChI is InChI=1S/C38H47I2NO8/c1-19(2)8-11-24-32-23(12-14-36(6,48-32)15-13-27(42)35(4,5)47)30(43)28-31(44)26-17-22-16-25-29(38(26,41-40-22)49-33(24)28)21(18-37(25,7)39)10-9-20(3)34(45)46/h8-9,12,14,17,21-22,25,27,29,42-43,47H,10-11,13,15-16,18H2,1-7H3,(H,45,46)/b20-9-/t21-,22?,25?,27?,29+,36-,37?,38-/m0/s1. The van der Waals surface area contributed by atoms with Crippen molar-refractivity contribution in [1.82, 2.24) is 0 Å². The predicted octanol–water partition coefficient (Wildman–Crippen LogP) is 7.98. The van der Waals surface area contributed by atoms with Crippen LogP contribution in [0.1, 0.15) is 102 Å². The summed E-state index contributed by atoms with van der Waals surface area (Å²) in [6.07, 6.45) is 12.0. The zero-order valence-corrected chi connectivity index (χ0v) is 33.5. The van der Waals surface area contributed by atoms with Gasteiger partial charge in [0, 0.05) is 45.4 Å². The number of aliphatic carboxylic acids is 1. The molecule has 6 aliphatic rings. The van der Waals surface area contributed by atoms with Gasteiger partial charge in [0.15, 0.2) is 0 Å². The highest BCUT2D eigenvalue weighted by atomic mass is 127. The second-order valence-electron chi connectivity index (χ2n) is 15.7. The van der Waals surface area contributed by atoms with E-state index >= 15 is 0 Å². The third-order valence-corrected chi connectivity index (χ3v) is 14.8. The van der Waals surface area contributed by atoms with Crippen LogP contribution in [0.25, 0.3) is 6.08 Å². The number of phenols is 1. The molecule has 1 fully saturated rings. The molecule has 1 aromatic rings. The zero-order valence-electron chi connectivity index (χ0n) is 29.1. The number of carboxylic acid groups (broad SMARTS) is 1. The molecule has 1 spiro atoms. The van der Waals surface area contributed by atoms with Crippen molar-refractivity contribution in [2.75, 3.05) is 0 Å². The van der Waals surface area contributed by atoms with Gasteiger partial charge < -0.3 is 29.9 Å². The Kier molecular flexibility index (Phi) is 9.61. The van der Waals surface area contributed by atoms with Crippen molar-refractivity contribution < 1.29 is 39.5 Å². The number of aliphatic hydroxyl groups is 2. The average Bonchev–Trinajstić information content (AvgIpc) is 3.11. The Balaban J connectivity index is 1.50. The molecular formula is C38H47I2NO8. The van der Waals surface area contributed by atoms with Gasteiger partial charge in [-0.25, -0.2) is 7.94 Å². The number of carbonyl (C=O) groups is 2. The smallest absolute Gasteiger partial charge is 0.330 e. The number of carboxylic acids is 1. The Hall–Kier alpha value is -2.10. The second kappa shape index (κ2) is 12.8. The van der Waals surface area contributed by atoms with Gasteiger partial charge in [-0.3, -0.25) is 4.79 Å².